The van der Waals surface area contributed by atoms with Crippen molar-refractivity contribution in [2.45, 2.75) is 38.8 Å². The maximum atomic E-state index is 12.3. The highest BCUT2D eigenvalue weighted by Gasteiger charge is 2.31. The zero-order valence-corrected chi connectivity index (χ0v) is 14.4. The van der Waals surface area contributed by atoms with E-state index in [-0.39, 0.29) is 17.9 Å². The van der Waals surface area contributed by atoms with Gasteiger partial charge in [0.05, 0.1) is 12.7 Å². The number of carbonyl (C=O) groups is 1. The van der Waals surface area contributed by atoms with Crippen LogP contribution in [-0.4, -0.2) is 43.2 Å². The molecule has 3 rings (SSSR count). The minimum Gasteiger partial charge on any atom is -0.375 e. The summed E-state index contributed by atoms with van der Waals surface area (Å²) in [6.07, 6.45) is 5.23. The van der Waals surface area contributed by atoms with E-state index in [0.29, 0.717) is 19.0 Å². The second kappa shape index (κ2) is 7.94. The SMILES string of the molecule is CC1CN(c2ccc(CNC(=O)[C@@H]3CCC[C@@H]3CN)cn2)CCO1. The number of rotatable bonds is 5. The van der Waals surface area contributed by atoms with Crippen LogP contribution in [-0.2, 0) is 16.1 Å². The van der Waals surface area contributed by atoms with E-state index >= 15 is 0 Å². The molecule has 1 aromatic rings. The highest BCUT2D eigenvalue weighted by molar-refractivity contribution is 5.79. The lowest BCUT2D eigenvalue weighted by Gasteiger charge is -2.32. The summed E-state index contributed by atoms with van der Waals surface area (Å²) in [5, 5.41) is 3.04. The van der Waals surface area contributed by atoms with Crippen molar-refractivity contribution in [2.75, 3.05) is 31.1 Å². The standard InChI is InChI=1S/C18H28N4O2/c1-13-12-22(7-8-24-13)17-6-5-14(10-20-17)11-21-18(23)16-4-2-3-15(16)9-19/h5-6,10,13,15-16H,2-4,7-9,11-12,19H2,1H3,(H,21,23)/t13?,15-,16-/m1/s1. The summed E-state index contributed by atoms with van der Waals surface area (Å²) in [4.78, 5) is 19.1. The van der Waals surface area contributed by atoms with E-state index in [2.05, 4.69) is 22.1 Å². The Bertz CT molecular complexity index is 548. The molecular formula is C18H28N4O2. The number of carbonyl (C=O) groups excluding carboxylic acids is 1. The summed E-state index contributed by atoms with van der Waals surface area (Å²) in [5.74, 6) is 1.53. The van der Waals surface area contributed by atoms with Gasteiger partial charge in [-0.15, -0.1) is 0 Å². The van der Waals surface area contributed by atoms with Crippen molar-refractivity contribution in [3.63, 3.8) is 0 Å². The fourth-order valence-electron chi connectivity index (χ4n) is 3.72. The Morgan fingerprint density at radius 2 is 2.33 bits per heavy atom. The van der Waals surface area contributed by atoms with Gasteiger partial charge in [0.25, 0.3) is 0 Å². The molecule has 6 nitrogen and oxygen atoms in total. The number of morpholine rings is 1. The Morgan fingerprint density at radius 1 is 1.46 bits per heavy atom. The topological polar surface area (TPSA) is 80.5 Å². The Labute approximate surface area is 143 Å². The van der Waals surface area contributed by atoms with Gasteiger partial charge >= 0.3 is 0 Å². The minimum atomic E-state index is 0.0806. The van der Waals surface area contributed by atoms with Crippen LogP contribution in [0.25, 0.3) is 0 Å². The first-order chi connectivity index (χ1) is 11.7. The molecule has 0 radical (unpaired) electrons. The summed E-state index contributed by atoms with van der Waals surface area (Å²) in [6.45, 7) is 5.69. The predicted octanol–water partition coefficient (Wildman–Crippen LogP) is 1.30. The van der Waals surface area contributed by atoms with E-state index in [1.165, 1.54) is 0 Å². The molecule has 1 aromatic heterocycles. The molecule has 0 aromatic carbocycles. The van der Waals surface area contributed by atoms with E-state index in [0.717, 1.165) is 50.3 Å². The zero-order chi connectivity index (χ0) is 16.9. The third kappa shape index (κ3) is 4.05. The molecule has 1 aliphatic heterocycles. The molecule has 1 saturated carbocycles. The van der Waals surface area contributed by atoms with Crippen molar-refractivity contribution in [2.24, 2.45) is 17.6 Å². The van der Waals surface area contributed by atoms with Crippen molar-refractivity contribution in [1.82, 2.24) is 10.3 Å². The largest absolute Gasteiger partial charge is 0.375 e. The molecule has 2 fully saturated rings. The zero-order valence-electron chi connectivity index (χ0n) is 14.4. The van der Waals surface area contributed by atoms with Crippen LogP contribution in [0.2, 0.25) is 0 Å². The number of ether oxygens (including phenoxy) is 1. The molecule has 6 heteroatoms. The highest BCUT2D eigenvalue weighted by Crippen LogP contribution is 2.31. The average molecular weight is 332 g/mol. The van der Waals surface area contributed by atoms with Crippen LogP contribution in [0.5, 0.6) is 0 Å². The highest BCUT2D eigenvalue weighted by atomic mass is 16.5. The number of pyridine rings is 1. The molecule has 2 heterocycles. The number of nitrogens with one attached hydrogen (secondary N) is 1. The third-order valence-corrected chi connectivity index (χ3v) is 5.14. The monoisotopic (exact) mass is 332 g/mol. The summed E-state index contributed by atoms with van der Waals surface area (Å²) < 4.78 is 5.56. The molecule has 1 saturated heterocycles. The van der Waals surface area contributed by atoms with Gasteiger partial charge in [0.2, 0.25) is 5.91 Å². The number of nitrogens with zero attached hydrogens (tertiary/aromatic N) is 2. The molecule has 1 amide bonds. The van der Waals surface area contributed by atoms with Gasteiger partial charge in [0.15, 0.2) is 0 Å². The van der Waals surface area contributed by atoms with Crippen LogP contribution < -0.4 is 16.0 Å². The van der Waals surface area contributed by atoms with Crippen LogP contribution in [0, 0.1) is 11.8 Å². The molecule has 0 spiro atoms. The molecule has 0 bridgehead atoms. The lowest BCUT2D eigenvalue weighted by Crippen LogP contribution is -2.41. The lowest BCUT2D eigenvalue weighted by atomic mass is 9.95. The van der Waals surface area contributed by atoms with Crippen molar-refractivity contribution in [1.29, 1.82) is 0 Å². The van der Waals surface area contributed by atoms with E-state index < -0.39 is 0 Å². The Balaban J connectivity index is 1.52. The molecule has 2 aliphatic rings. The maximum absolute atomic E-state index is 12.3. The smallest absolute Gasteiger partial charge is 0.223 e. The maximum Gasteiger partial charge on any atom is 0.223 e. The molecule has 132 valence electrons. The number of anilines is 1. The first-order valence-electron chi connectivity index (χ1n) is 8.96. The third-order valence-electron chi connectivity index (χ3n) is 5.14. The van der Waals surface area contributed by atoms with E-state index in [1.54, 1.807) is 0 Å². The Morgan fingerprint density at radius 3 is 3.04 bits per heavy atom. The molecule has 3 atom stereocenters. The van der Waals surface area contributed by atoms with Gasteiger partial charge in [-0.1, -0.05) is 12.5 Å². The van der Waals surface area contributed by atoms with Crippen molar-refractivity contribution < 1.29 is 9.53 Å². The predicted molar refractivity (Wildman–Crippen MR) is 93.6 cm³/mol. The van der Waals surface area contributed by atoms with Gasteiger partial charge in [-0.2, -0.15) is 0 Å². The van der Waals surface area contributed by atoms with Crippen LogP contribution in [0.15, 0.2) is 18.3 Å². The van der Waals surface area contributed by atoms with Crippen LogP contribution in [0.3, 0.4) is 0 Å². The van der Waals surface area contributed by atoms with Crippen LogP contribution in [0.1, 0.15) is 31.7 Å². The normalized spacial score (nSPS) is 27.2. The number of hydrogen-bond donors (Lipinski definition) is 2. The number of aromatic nitrogens is 1. The van der Waals surface area contributed by atoms with Crippen LogP contribution >= 0.6 is 0 Å². The van der Waals surface area contributed by atoms with Gasteiger partial charge in [-0.05, 0) is 43.9 Å². The summed E-state index contributed by atoms with van der Waals surface area (Å²) >= 11 is 0. The van der Waals surface area contributed by atoms with Gasteiger partial charge in [-0.25, -0.2) is 4.98 Å². The summed E-state index contributed by atoms with van der Waals surface area (Å²) in [6, 6.07) is 4.07. The average Bonchev–Trinajstić information content (AvgIpc) is 3.09. The number of nitrogens with two attached hydrogens (primary N) is 1. The van der Waals surface area contributed by atoms with Crippen molar-refractivity contribution in [3.05, 3.63) is 23.9 Å². The molecule has 1 unspecified atom stereocenters. The van der Waals surface area contributed by atoms with Gasteiger partial charge in [-0.3, -0.25) is 4.79 Å². The van der Waals surface area contributed by atoms with Crippen molar-refractivity contribution >= 4 is 11.7 Å². The van der Waals surface area contributed by atoms with Gasteiger partial charge in [0, 0.05) is 31.7 Å². The molecule has 3 N–H and O–H groups in total. The number of amides is 1. The van der Waals surface area contributed by atoms with E-state index in [9.17, 15) is 4.79 Å². The van der Waals surface area contributed by atoms with Crippen LogP contribution in [0.4, 0.5) is 5.82 Å². The quantitative estimate of drug-likeness (QED) is 0.849. The van der Waals surface area contributed by atoms with E-state index in [4.69, 9.17) is 10.5 Å². The summed E-state index contributed by atoms with van der Waals surface area (Å²) in [5.41, 5.74) is 6.79. The fourth-order valence-corrected chi connectivity index (χ4v) is 3.72. The second-order valence-corrected chi connectivity index (χ2v) is 6.90. The van der Waals surface area contributed by atoms with Gasteiger partial charge in [0.1, 0.15) is 5.82 Å². The molecule has 1 aliphatic carbocycles. The van der Waals surface area contributed by atoms with Gasteiger partial charge < -0.3 is 20.7 Å². The molecular weight excluding hydrogens is 304 g/mol. The summed E-state index contributed by atoms with van der Waals surface area (Å²) in [7, 11) is 0. The first-order valence-corrected chi connectivity index (χ1v) is 8.96. The second-order valence-electron chi connectivity index (χ2n) is 6.90. The molecule has 24 heavy (non-hydrogen) atoms. The van der Waals surface area contributed by atoms with E-state index in [1.807, 2.05) is 18.3 Å². The van der Waals surface area contributed by atoms with Crippen molar-refractivity contribution in [3.8, 4) is 0 Å². The Kier molecular flexibility index (Phi) is 5.68. The minimum absolute atomic E-state index is 0.0806. The fraction of sp³-hybridized carbons (Fsp3) is 0.667. The lowest BCUT2D eigenvalue weighted by molar-refractivity contribution is -0.126. The Hall–Kier alpha value is -1.66. The first kappa shape index (κ1) is 17.2. The number of hydrogen-bond acceptors (Lipinski definition) is 5.